The third-order valence-electron chi connectivity index (χ3n) is 4.74. The highest BCUT2D eigenvalue weighted by Gasteiger charge is 2.23. The highest BCUT2D eigenvalue weighted by Crippen LogP contribution is 2.13. The summed E-state index contributed by atoms with van der Waals surface area (Å²) in [6.45, 7) is 2.58. The number of aromatic nitrogens is 1. The molecule has 0 aliphatic carbocycles. The van der Waals surface area contributed by atoms with E-state index < -0.39 is 0 Å². The van der Waals surface area contributed by atoms with E-state index in [0.29, 0.717) is 49.3 Å². The first-order valence-electron chi connectivity index (χ1n) is 9.73. The fourth-order valence-electron chi connectivity index (χ4n) is 3.23. The molecule has 0 spiro atoms. The van der Waals surface area contributed by atoms with Gasteiger partial charge in [-0.15, -0.1) is 0 Å². The van der Waals surface area contributed by atoms with E-state index in [1.165, 1.54) is 0 Å². The minimum Gasteiger partial charge on any atom is -0.347 e. The Morgan fingerprint density at radius 1 is 1.13 bits per heavy atom. The van der Waals surface area contributed by atoms with Gasteiger partial charge in [0.1, 0.15) is 0 Å². The van der Waals surface area contributed by atoms with Gasteiger partial charge in [-0.3, -0.25) is 19.6 Å². The van der Waals surface area contributed by atoms with Crippen LogP contribution < -0.4 is 10.6 Å². The average Bonchev–Trinajstić information content (AvgIpc) is 2.75. The molecule has 1 aliphatic heterocycles. The van der Waals surface area contributed by atoms with Crippen LogP contribution in [0.3, 0.4) is 0 Å². The normalized spacial score (nSPS) is 14.4. The predicted molar refractivity (Wildman–Crippen MR) is 118 cm³/mol. The van der Waals surface area contributed by atoms with Crippen LogP contribution in [0, 0.1) is 0 Å². The Kier molecular flexibility index (Phi) is 7.62. The van der Waals surface area contributed by atoms with Crippen molar-refractivity contribution in [2.75, 3.05) is 45.1 Å². The molecule has 30 heavy (non-hydrogen) atoms. The first-order valence-corrected chi connectivity index (χ1v) is 10.1. The van der Waals surface area contributed by atoms with Crippen LogP contribution in [0.4, 0.5) is 5.69 Å². The van der Waals surface area contributed by atoms with Crippen LogP contribution in [-0.4, -0.2) is 72.3 Å². The van der Waals surface area contributed by atoms with Gasteiger partial charge in [0.15, 0.2) is 5.96 Å². The van der Waals surface area contributed by atoms with E-state index in [4.69, 9.17) is 11.6 Å². The average molecular weight is 429 g/mol. The van der Waals surface area contributed by atoms with E-state index in [0.717, 1.165) is 5.56 Å². The van der Waals surface area contributed by atoms with Gasteiger partial charge in [0.25, 0.3) is 0 Å². The lowest BCUT2D eigenvalue weighted by molar-refractivity contribution is -0.131. The van der Waals surface area contributed by atoms with Gasteiger partial charge in [-0.25, -0.2) is 0 Å². The molecule has 0 atom stereocenters. The van der Waals surface area contributed by atoms with Gasteiger partial charge < -0.3 is 20.4 Å². The van der Waals surface area contributed by atoms with Crippen molar-refractivity contribution in [3.63, 3.8) is 0 Å². The molecule has 2 N–H and O–H groups in total. The maximum atomic E-state index is 12.6. The molecule has 3 rings (SSSR count). The number of amides is 2. The molecule has 2 heterocycles. The van der Waals surface area contributed by atoms with Crippen LogP contribution in [0.25, 0.3) is 0 Å². The molecule has 2 aromatic rings. The van der Waals surface area contributed by atoms with E-state index in [1.807, 2.05) is 28.0 Å². The lowest BCUT2D eigenvalue weighted by Crippen LogP contribution is -2.54. The van der Waals surface area contributed by atoms with E-state index in [1.54, 1.807) is 37.6 Å². The fourth-order valence-corrected chi connectivity index (χ4v) is 3.45. The van der Waals surface area contributed by atoms with Gasteiger partial charge in [-0.2, -0.15) is 0 Å². The number of guanidine groups is 1. The SMILES string of the molecule is CN=C(NCC(=O)Nc1cccnc1)N1CCN(C(=O)Cc2cccc(Cl)c2)CC1. The molecule has 1 aromatic carbocycles. The molecule has 0 saturated carbocycles. The van der Waals surface area contributed by atoms with Crippen LogP contribution in [0.15, 0.2) is 53.8 Å². The molecule has 0 unspecified atom stereocenters. The maximum absolute atomic E-state index is 12.6. The second-order valence-electron chi connectivity index (χ2n) is 6.87. The molecule has 1 saturated heterocycles. The van der Waals surface area contributed by atoms with E-state index in [-0.39, 0.29) is 18.4 Å². The summed E-state index contributed by atoms with van der Waals surface area (Å²) in [6, 6.07) is 10.9. The number of benzene rings is 1. The molecule has 158 valence electrons. The van der Waals surface area contributed by atoms with E-state index in [9.17, 15) is 9.59 Å². The van der Waals surface area contributed by atoms with Crippen molar-refractivity contribution < 1.29 is 9.59 Å². The van der Waals surface area contributed by atoms with E-state index in [2.05, 4.69) is 20.6 Å². The fraction of sp³-hybridized carbons (Fsp3) is 0.333. The summed E-state index contributed by atoms with van der Waals surface area (Å²) in [4.78, 5) is 36.8. The number of piperazine rings is 1. The number of aliphatic imine (C=N–C) groups is 1. The second kappa shape index (κ2) is 10.6. The van der Waals surface area contributed by atoms with Crippen molar-refractivity contribution in [1.29, 1.82) is 0 Å². The first-order chi connectivity index (χ1) is 14.5. The van der Waals surface area contributed by atoms with Crippen molar-refractivity contribution in [3.8, 4) is 0 Å². The summed E-state index contributed by atoms with van der Waals surface area (Å²) in [5.74, 6) is 0.536. The molecular formula is C21H25ClN6O2. The number of nitrogens with one attached hydrogen (secondary N) is 2. The molecule has 8 nitrogen and oxygen atoms in total. The lowest BCUT2D eigenvalue weighted by Gasteiger charge is -2.36. The Hall–Kier alpha value is -3.13. The molecule has 0 bridgehead atoms. The number of hydrogen-bond donors (Lipinski definition) is 2. The number of hydrogen-bond acceptors (Lipinski definition) is 4. The summed E-state index contributed by atoms with van der Waals surface area (Å²) in [5, 5.41) is 6.48. The van der Waals surface area contributed by atoms with Gasteiger partial charge in [0, 0.05) is 44.4 Å². The third kappa shape index (κ3) is 6.18. The highest BCUT2D eigenvalue weighted by molar-refractivity contribution is 6.30. The predicted octanol–water partition coefficient (Wildman–Crippen LogP) is 1.64. The van der Waals surface area contributed by atoms with Gasteiger partial charge in [-0.05, 0) is 29.8 Å². The standard InChI is InChI=1S/C21H25ClN6O2/c1-23-21(25-15-19(29)26-18-6-3-7-24-14-18)28-10-8-27(9-11-28)20(30)13-16-4-2-5-17(22)12-16/h2-7,12,14H,8-11,13,15H2,1H3,(H,23,25)(H,26,29). The molecule has 0 radical (unpaired) electrons. The van der Waals surface area contributed by atoms with Crippen molar-refractivity contribution >= 4 is 35.1 Å². The van der Waals surface area contributed by atoms with Crippen LogP contribution >= 0.6 is 11.6 Å². The first kappa shape index (κ1) is 21.6. The van der Waals surface area contributed by atoms with Crippen LogP contribution in [0.1, 0.15) is 5.56 Å². The molecule has 1 aromatic heterocycles. The van der Waals surface area contributed by atoms with Crippen molar-refractivity contribution in [2.45, 2.75) is 6.42 Å². The largest absolute Gasteiger partial charge is 0.347 e. The van der Waals surface area contributed by atoms with Crippen LogP contribution in [0.2, 0.25) is 5.02 Å². The number of nitrogens with zero attached hydrogens (tertiary/aromatic N) is 4. The van der Waals surface area contributed by atoms with Crippen molar-refractivity contribution in [1.82, 2.24) is 20.1 Å². The Morgan fingerprint density at radius 2 is 1.90 bits per heavy atom. The number of halogens is 1. The third-order valence-corrected chi connectivity index (χ3v) is 4.98. The summed E-state index contributed by atoms with van der Waals surface area (Å²) in [5.41, 5.74) is 1.55. The molecule has 1 fully saturated rings. The topological polar surface area (TPSA) is 89.9 Å². The highest BCUT2D eigenvalue weighted by atomic mass is 35.5. The van der Waals surface area contributed by atoms with Crippen molar-refractivity contribution in [2.24, 2.45) is 4.99 Å². The summed E-state index contributed by atoms with van der Waals surface area (Å²) in [6.07, 6.45) is 3.57. The Bertz CT molecular complexity index is 897. The zero-order chi connectivity index (χ0) is 21.3. The second-order valence-corrected chi connectivity index (χ2v) is 7.30. The number of anilines is 1. The summed E-state index contributed by atoms with van der Waals surface area (Å²) in [7, 11) is 1.68. The Labute approximate surface area is 180 Å². The molecule has 9 heteroatoms. The Morgan fingerprint density at radius 3 is 2.57 bits per heavy atom. The van der Waals surface area contributed by atoms with Crippen LogP contribution in [0.5, 0.6) is 0 Å². The zero-order valence-corrected chi connectivity index (χ0v) is 17.6. The quantitative estimate of drug-likeness (QED) is 0.558. The summed E-state index contributed by atoms with van der Waals surface area (Å²) < 4.78 is 0. The monoisotopic (exact) mass is 428 g/mol. The summed E-state index contributed by atoms with van der Waals surface area (Å²) >= 11 is 6.00. The molecule has 1 aliphatic rings. The molecular weight excluding hydrogens is 404 g/mol. The minimum absolute atomic E-state index is 0.0794. The number of rotatable bonds is 5. The number of pyridine rings is 1. The van der Waals surface area contributed by atoms with Crippen LogP contribution in [-0.2, 0) is 16.0 Å². The van der Waals surface area contributed by atoms with Gasteiger partial charge in [-0.1, -0.05) is 23.7 Å². The molecule has 2 amide bonds. The Balaban J connectivity index is 1.44. The minimum atomic E-state index is -0.181. The van der Waals surface area contributed by atoms with Crippen molar-refractivity contribution in [3.05, 3.63) is 59.4 Å². The lowest BCUT2D eigenvalue weighted by atomic mass is 10.1. The zero-order valence-electron chi connectivity index (χ0n) is 16.8. The maximum Gasteiger partial charge on any atom is 0.243 e. The van der Waals surface area contributed by atoms with Gasteiger partial charge in [0.05, 0.1) is 24.8 Å². The van der Waals surface area contributed by atoms with Gasteiger partial charge >= 0.3 is 0 Å². The number of carbonyl (C=O) groups excluding carboxylic acids is 2. The smallest absolute Gasteiger partial charge is 0.243 e. The number of carbonyl (C=O) groups is 2. The van der Waals surface area contributed by atoms with E-state index >= 15 is 0 Å². The van der Waals surface area contributed by atoms with Gasteiger partial charge in [0.2, 0.25) is 11.8 Å².